The van der Waals surface area contributed by atoms with Crippen LogP contribution in [0.3, 0.4) is 0 Å². The van der Waals surface area contributed by atoms with Gasteiger partial charge in [-0.25, -0.2) is 15.0 Å². The summed E-state index contributed by atoms with van der Waals surface area (Å²) in [5, 5.41) is 0. The molecule has 0 bridgehead atoms. The van der Waals surface area contributed by atoms with Crippen molar-refractivity contribution >= 4 is 22.9 Å². The predicted molar refractivity (Wildman–Crippen MR) is 85.5 cm³/mol. The molecule has 111 valence electrons. The molecule has 0 aliphatic carbocycles. The lowest BCUT2D eigenvalue weighted by Gasteiger charge is -2.01. The lowest BCUT2D eigenvalue weighted by atomic mass is 10.2. The Bertz CT molecular complexity index is 838. The van der Waals surface area contributed by atoms with E-state index in [0.717, 1.165) is 16.6 Å². The average Bonchev–Trinajstić information content (AvgIpc) is 2.92. The van der Waals surface area contributed by atoms with E-state index in [-0.39, 0.29) is 5.82 Å². The Morgan fingerprint density at radius 2 is 2.18 bits per heavy atom. The Labute approximate surface area is 128 Å². The third-order valence-electron chi connectivity index (χ3n) is 3.20. The monoisotopic (exact) mass is 294 g/mol. The Morgan fingerprint density at radius 1 is 1.32 bits per heavy atom. The Morgan fingerprint density at radius 3 is 3.00 bits per heavy atom. The summed E-state index contributed by atoms with van der Waals surface area (Å²) in [5.74, 6) is 0.653. The predicted octanol–water partition coefficient (Wildman–Crippen LogP) is 2.90. The van der Waals surface area contributed by atoms with Crippen molar-refractivity contribution in [3.8, 4) is 11.5 Å². The molecule has 0 fully saturated rings. The van der Waals surface area contributed by atoms with E-state index >= 15 is 0 Å². The molecule has 2 N–H and O–H groups in total. The molecule has 0 aliphatic heterocycles. The molecule has 0 aliphatic rings. The SMILES string of the molecule is COC/C=C/c1cnc([NH])c(-c2nc3ccc(C)cc3[nH]2)n1. The van der Waals surface area contributed by atoms with Crippen LogP contribution in [-0.2, 0) is 4.74 Å². The van der Waals surface area contributed by atoms with Crippen molar-refractivity contribution in [3.05, 3.63) is 41.7 Å². The van der Waals surface area contributed by atoms with Gasteiger partial charge in [0, 0.05) is 7.11 Å². The Hall–Kier alpha value is -2.73. The number of nitrogens with zero attached hydrogens (tertiary/aromatic N) is 3. The molecule has 0 saturated carbocycles. The first-order chi connectivity index (χ1) is 10.7. The number of aromatic nitrogens is 4. The first-order valence-electron chi connectivity index (χ1n) is 6.88. The number of hydrogen-bond acceptors (Lipinski definition) is 4. The first-order valence-corrected chi connectivity index (χ1v) is 6.88. The molecule has 3 rings (SSSR count). The van der Waals surface area contributed by atoms with E-state index in [1.54, 1.807) is 13.3 Å². The molecule has 3 aromatic rings. The topological polar surface area (TPSA) is 87.5 Å². The quantitative estimate of drug-likeness (QED) is 0.801. The van der Waals surface area contributed by atoms with Gasteiger partial charge in [-0.1, -0.05) is 12.1 Å². The van der Waals surface area contributed by atoms with Crippen molar-refractivity contribution in [1.29, 1.82) is 0 Å². The van der Waals surface area contributed by atoms with Crippen LogP contribution in [0.25, 0.3) is 28.6 Å². The van der Waals surface area contributed by atoms with Crippen molar-refractivity contribution in [1.82, 2.24) is 25.7 Å². The van der Waals surface area contributed by atoms with E-state index < -0.39 is 0 Å². The number of fused-ring (bicyclic) bond motifs is 1. The van der Waals surface area contributed by atoms with E-state index in [9.17, 15) is 0 Å². The number of ether oxygens (including phenoxy) is 1. The molecule has 0 saturated heterocycles. The number of benzene rings is 1. The smallest absolute Gasteiger partial charge is 0.174 e. The third-order valence-corrected chi connectivity index (χ3v) is 3.20. The molecule has 2 heterocycles. The number of nitrogens with one attached hydrogen (secondary N) is 2. The minimum atomic E-state index is 0.0969. The Balaban J connectivity index is 2.03. The van der Waals surface area contributed by atoms with E-state index in [1.165, 1.54) is 0 Å². The molecule has 6 nitrogen and oxygen atoms in total. The van der Waals surface area contributed by atoms with Crippen molar-refractivity contribution < 1.29 is 4.74 Å². The average molecular weight is 294 g/mol. The van der Waals surface area contributed by atoms with E-state index in [2.05, 4.69) is 19.9 Å². The summed E-state index contributed by atoms with van der Waals surface area (Å²) >= 11 is 0. The van der Waals surface area contributed by atoms with Gasteiger partial charge in [0.05, 0.1) is 29.5 Å². The second-order valence-corrected chi connectivity index (χ2v) is 4.96. The summed E-state index contributed by atoms with van der Waals surface area (Å²) in [6, 6.07) is 5.97. The molecule has 1 aromatic carbocycles. The summed E-state index contributed by atoms with van der Waals surface area (Å²) in [4.78, 5) is 16.2. The van der Waals surface area contributed by atoms with Crippen LogP contribution < -0.4 is 5.73 Å². The van der Waals surface area contributed by atoms with E-state index in [0.29, 0.717) is 23.8 Å². The largest absolute Gasteiger partial charge is 0.381 e. The van der Waals surface area contributed by atoms with Gasteiger partial charge in [-0.2, -0.15) is 0 Å². The van der Waals surface area contributed by atoms with Crippen LogP contribution in [0.5, 0.6) is 0 Å². The highest BCUT2D eigenvalue weighted by Crippen LogP contribution is 2.24. The standard InChI is InChI=1S/C16H16N5O/c1-10-5-6-12-13(8-10)21-16(20-12)14-15(17)18-9-11(19-14)4-3-7-22-2/h3-6,8-9,17H,7H2,1-2H3,(H,20,21)/b4-3+. The van der Waals surface area contributed by atoms with Crippen LogP contribution in [0.2, 0.25) is 0 Å². The van der Waals surface area contributed by atoms with Crippen molar-refractivity contribution in [3.63, 3.8) is 0 Å². The molecule has 0 amide bonds. The zero-order valence-corrected chi connectivity index (χ0v) is 12.4. The summed E-state index contributed by atoms with van der Waals surface area (Å²) in [7, 11) is 1.63. The fraction of sp³-hybridized carbons (Fsp3) is 0.188. The summed E-state index contributed by atoms with van der Waals surface area (Å²) in [6.07, 6.45) is 5.22. The fourth-order valence-corrected chi connectivity index (χ4v) is 2.15. The highest BCUT2D eigenvalue weighted by atomic mass is 16.5. The number of H-pyrrole nitrogens is 1. The van der Waals surface area contributed by atoms with Gasteiger partial charge in [0.2, 0.25) is 0 Å². The van der Waals surface area contributed by atoms with Crippen molar-refractivity contribution in [2.45, 2.75) is 6.92 Å². The van der Waals surface area contributed by atoms with Gasteiger partial charge in [-0.15, -0.1) is 0 Å². The molecular weight excluding hydrogens is 278 g/mol. The van der Waals surface area contributed by atoms with Crippen LogP contribution in [0.4, 0.5) is 5.82 Å². The van der Waals surface area contributed by atoms with E-state index in [1.807, 2.05) is 37.3 Å². The minimum Gasteiger partial charge on any atom is -0.381 e. The highest BCUT2D eigenvalue weighted by Gasteiger charge is 2.12. The molecule has 6 heteroatoms. The fourth-order valence-electron chi connectivity index (χ4n) is 2.15. The lowest BCUT2D eigenvalue weighted by molar-refractivity contribution is 0.234. The third kappa shape index (κ3) is 2.82. The number of hydrogen-bond donors (Lipinski definition) is 1. The van der Waals surface area contributed by atoms with Gasteiger partial charge in [-0.05, 0) is 30.7 Å². The summed E-state index contributed by atoms with van der Waals surface area (Å²) < 4.78 is 4.96. The lowest BCUT2D eigenvalue weighted by Crippen LogP contribution is -1.94. The number of aromatic amines is 1. The van der Waals surface area contributed by atoms with Crippen molar-refractivity contribution in [2.75, 3.05) is 13.7 Å². The minimum absolute atomic E-state index is 0.0969. The highest BCUT2D eigenvalue weighted by molar-refractivity contribution is 5.80. The first kappa shape index (κ1) is 14.2. The van der Waals surface area contributed by atoms with Crippen LogP contribution >= 0.6 is 0 Å². The summed E-state index contributed by atoms with van der Waals surface area (Å²) in [6.45, 7) is 2.53. The number of methoxy groups -OCH3 is 1. The van der Waals surface area contributed by atoms with Gasteiger partial charge in [0.25, 0.3) is 0 Å². The van der Waals surface area contributed by atoms with Gasteiger partial charge < -0.3 is 9.72 Å². The van der Waals surface area contributed by atoms with Gasteiger partial charge in [0.15, 0.2) is 17.3 Å². The second kappa shape index (κ2) is 5.95. The maximum Gasteiger partial charge on any atom is 0.174 e. The zero-order chi connectivity index (χ0) is 15.5. The van der Waals surface area contributed by atoms with Crippen LogP contribution in [0.1, 0.15) is 11.3 Å². The molecule has 22 heavy (non-hydrogen) atoms. The zero-order valence-electron chi connectivity index (χ0n) is 12.4. The van der Waals surface area contributed by atoms with Gasteiger partial charge >= 0.3 is 0 Å². The van der Waals surface area contributed by atoms with Gasteiger partial charge in [-0.3, -0.25) is 5.73 Å². The number of rotatable bonds is 4. The molecular formula is C16H16N5O. The maximum absolute atomic E-state index is 7.95. The van der Waals surface area contributed by atoms with Crippen LogP contribution in [0, 0.1) is 6.92 Å². The molecule has 0 unspecified atom stereocenters. The normalized spacial score (nSPS) is 11.5. The number of aryl methyl sites for hydroxylation is 1. The number of imidazole rings is 1. The van der Waals surface area contributed by atoms with Crippen LogP contribution in [-0.4, -0.2) is 33.7 Å². The Kier molecular flexibility index (Phi) is 3.84. The van der Waals surface area contributed by atoms with Crippen molar-refractivity contribution in [2.24, 2.45) is 0 Å². The molecule has 2 aromatic heterocycles. The molecule has 0 atom stereocenters. The summed E-state index contributed by atoms with van der Waals surface area (Å²) in [5.41, 5.74) is 12.0. The second-order valence-electron chi connectivity index (χ2n) is 4.96. The molecule has 1 radical (unpaired) electrons. The maximum atomic E-state index is 7.95. The van der Waals surface area contributed by atoms with Gasteiger partial charge in [0.1, 0.15) is 0 Å². The van der Waals surface area contributed by atoms with E-state index in [4.69, 9.17) is 10.5 Å². The molecule has 0 spiro atoms. The van der Waals surface area contributed by atoms with Crippen LogP contribution in [0.15, 0.2) is 30.5 Å².